The maximum atomic E-state index is 15.3. The Labute approximate surface area is 255 Å². The Balaban J connectivity index is 1.31. The van der Waals surface area contributed by atoms with Crippen LogP contribution >= 0.6 is 0 Å². The summed E-state index contributed by atoms with van der Waals surface area (Å²) < 4.78 is 47.7. The first-order valence-electron chi connectivity index (χ1n) is 14.2. The molecule has 45 heavy (non-hydrogen) atoms. The van der Waals surface area contributed by atoms with Crippen molar-refractivity contribution < 1.29 is 27.8 Å². The Morgan fingerprint density at radius 2 is 1.60 bits per heavy atom. The number of halogens is 2. The van der Waals surface area contributed by atoms with E-state index < -0.39 is 28.8 Å². The highest BCUT2D eigenvalue weighted by Gasteiger charge is 2.25. The first kappa shape index (κ1) is 29.5. The van der Waals surface area contributed by atoms with E-state index in [2.05, 4.69) is 10.3 Å². The van der Waals surface area contributed by atoms with E-state index in [4.69, 9.17) is 14.2 Å². The number of aromatic nitrogens is 3. The number of nitrogens with zero attached hydrogens (tertiary/aromatic N) is 3. The summed E-state index contributed by atoms with van der Waals surface area (Å²) >= 11 is 0. The molecule has 0 atom stereocenters. The van der Waals surface area contributed by atoms with Crippen molar-refractivity contribution in [2.45, 2.75) is 31.7 Å². The zero-order valence-electron chi connectivity index (χ0n) is 24.4. The number of anilines is 1. The van der Waals surface area contributed by atoms with Gasteiger partial charge in [-0.2, -0.15) is 0 Å². The van der Waals surface area contributed by atoms with Gasteiger partial charge in [0, 0.05) is 41.6 Å². The van der Waals surface area contributed by atoms with E-state index in [9.17, 15) is 18.8 Å². The molecule has 2 aromatic heterocycles. The lowest BCUT2D eigenvalue weighted by Gasteiger charge is -2.18. The minimum absolute atomic E-state index is 0.0576. The van der Waals surface area contributed by atoms with Crippen LogP contribution < -0.4 is 30.8 Å². The fourth-order valence-electron chi connectivity index (χ4n) is 5.50. The molecule has 0 spiro atoms. The number of ether oxygens (including phenoxy) is 3. The van der Waals surface area contributed by atoms with Gasteiger partial charge < -0.3 is 19.5 Å². The van der Waals surface area contributed by atoms with Crippen LogP contribution in [-0.2, 0) is 0 Å². The van der Waals surface area contributed by atoms with Crippen molar-refractivity contribution >= 4 is 22.5 Å². The van der Waals surface area contributed by atoms with E-state index in [1.807, 2.05) is 0 Å². The minimum atomic E-state index is -0.879. The Bertz CT molecular complexity index is 2040. The predicted octanol–water partition coefficient (Wildman–Crippen LogP) is 6.00. The molecule has 3 aromatic carbocycles. The molecule has 0 unspecified atom stereocenters. The van der Waals surface area contributed by atoms with Crippen molar-refractivity contribution in [3.8, 4) is 28.7 Å². The molecule has 0 radical (unpaired) electrons. The van der Waals surface area contributed by atoms with E-state index in [0.717, 1.165) is 35.6 Å². The SMILES string of the molecule is COc1cc2nccc(Oc3ccc(NC(=O)c4cn(C5CCCC5)c(=O)n(-c5ccc(F)cc5)c4=O)cc3F)c2cc1OC. The van der Waals surface area contributed by atoms with Crippen LogP contribution in [0.15, 0.2) is 82.6 Å². The summed E-state index contributed by atoms with van der Waals surface area (Å²) in [4.78, 5) is 44.6. The molecule has 6 rings (SSSR count). The molecule has 1 amide bonds. The van der Waals surface area contributed by atoms with Gasteiger partial charge in [-0.1, -0.05) is 12.8 Å². The maximum Gasteiger partial charge on any atom is 0.335 e. The second-order valence-electron chi connectivity index (χ2n) is 10.5. The average molecular weight is 615 g/mol. The molecule has 1 fully saturated rings. The number of benzene rings is 3. The molecule has 230 valence electrons. The quantitative estimate of drug-likeness (QED) is 0.228. The van der Waals surface area contributed by atoms with Gasteiger partial charge in [0.1, 0.15) is 17.1 Å². The summed E-state index contributed by atoms with van der Waals surface area (Å²) in [5, 5.41) is 3.11. The molecule has 5 aromatic rings. The van der Waals surface area contributed by atoms with Crippen LogP contribution in [0.4, 0.5) is 14.5 Å². The summed E-state index contributed by atoms with van der Waals surface area (Å²) in [5.74, 6) is -1.04. The Morgan fingerprint density at radius 1 is 0.889 bits per heavy atom. The Kier molecular flexibility index (Phi) is 8.03. The van der Waals surface area contributed by atoms with Crippen molar-refractivity contribution in [1.29, 1.82) is 0 Å². The lowest BCUT2D eigenvalue weighted by Crippen LogP contribution is -2.43. The molecule has 1 aliphatic rings. The molecule has 1 saturated carbocycles. The highest BCUT2D eigenvalue weighted by atomic mass is 19.1. The zero-order chi connectivity index (χ0) is 31.7. The predicted molar refractivity (Wildman–Crippen MR) is 163 cm³/mol. The number of carbonyl (C=O) groups excluding carboxylic acids is 1. The van der Waals surface area contributed by atoms with Crippen molar-refractivity contribution in [3.05, 3.63) is 111 Å². The number of nitrogens with one attached hydrogen (secondary N) is 1. The fourth-order valence-corrected chi connectivity index (χ4v) is 5.50. The monoisotopic (exact) mass is 614 g/mol. The molecular formula is C33H28F2N4O6. The number of rotatable bonds is 8. The van der Waals surface area contributed by atoms with Crippen LogP contribution in [0.1, 0.15) is 42.1 Å². The summed E-state index contributed by atoms with van der Waals surface area (Å²) in [6.07, 6.45) is 5.99. The van der Waals surface area contributed by atoms with Gasteiger partial charge in [0.25, 0.3) is 11.5 Å². The van der Waals surface area contributed by atoms with E-state index in [1.165, 1.54) is 55.4 Å². The van der Waals surface area contributed by atoms with Gasteiger partial charge in [0.2, 0.25) is 0 Å². The van der Waals surface area contributed by atoms with Gasteiger partial charge in [-0.05, 0) is 61.4 Å². The van der Waals surface area contributed by atoms with Crippen LogP contribution in [0.25, 0.3) is 16.6 Å². The molecule has 12 heteroatoms. The minimum Gasteiger partial charge on any atom is -0.493 e. The molecule has 1 aliphatic carbocycles. The Morgan fingerprint density at radius 3 is 2.29 bits per heavy atom. The van der Waals surface area contributed by atoms with Gasteiger partial charge >= 0.3 is 5.69 Å². The zero-order valence-corrected chi connectivity index (χ0v) is 24.4. The molecule has 0 aliphatic heterocycles. The highest BCUT2D eigenvalue weighted by Crippen LogP contribution is 2.37. The summed E-state index contributed by atoms with van der Waals surface area (Å²) in [7, 11) is 3.00. The largest absolute Gasteiger partial charge is 0.493 e. The number of hydrogen-bond donors (Lipinski definition) is 1. The molecule has 0 saturated heterocycles. The van der Waals surface area contributed by atoms with Gasteiger partial charge in [-0.15, -0.1) is 0 Å². The maximum absolute atomic E-state index is 15.3. The normalized spacial score (nSPS) is 13.2. The van der Waals surface area contributed by atoms with Gasteiger partial charge in [0.15, 0.2) is 23.1 Å². The standard InChI is InChI=1S/C33H28F2N4O6/c1-43-29-16-23-26(17-30(29)44-2)36-14-13-27(23)45-28-12-9-20(15-25(28)35)37-31(40)24-18-38(21-5-3-4-6-21)33(42)39(32(24)41)22-10-7-19(34)8-11-22/h7-18,21H,3-6H2,1-2H3,(H,37,40). The van der Waals surface area contributed by atoms with Crippen molar-refractivity contribution in [1.82, 2.24) is 14.1 Å². The molecule has 0 bridgehead atoms. The number of amides is 1. The number of pyridine rings is 1. The van der Waals surface area contributed by atoms with Crippen LogP contribution in [-0.4, -0.2) is 34.2 Å². The highest BCUT2D eigenvalue weighted by molar-refractivity contribution is 6.04. The summed E-state index contributed by atoms with van der Waals surface area (Å²) in [5.41, 5.74) is -1.10. The number of carbonyl (C=O) groups is 1. The lowest BCUT2D eigenvalue weighted by atomic mass is 10.1. The van der Waals surface area contributed by atoms with E-state index in [-0.39, 0.29) is 28.7 Å². The molecule has 2 heterocycles. The summed E-state index contributed by atoms with van der Waals surface area (Å²) in [6, 6.07) is 13.4. The van der Waals surface area contributed by atoms with Gasteiger partial charge in [-0.25, -0.2) is 18.1 Å². The number of hydrogen-bond acceptors (Lipinski definition) is 7. The van der Waals surface area contributed by atoms with Crippen molar-refractivity contribution in [2.24, 2.45) is 0 Å². The van der Waals surface area contributed by atoms with E-state index in [1.54, 1.807) is 18.2 Å². The van der Waals surface area contributed by atoms with E-state index >= 15 is 4.39 Å². The third-order valence-corrected chi connectivity index (χ3v) is 7.78. The summed E-state index contributed by atoms with van der Waals surface area (Å²) in [6.45, 7) is 0. The third kappa shape index (κ3) is 5.74. The number of methoxy groups -OCH3 is 2. The third-order valence-electron chi connectivity index (χ3n) is 7.78. The van der Waals surface area contributed by atoms with Gasteiger partial charge in [-0.3, -0.25) is 19.1 Å². The first-order valence-corrected chi connectivity index (χ1v) is 14.2. The fraction of sp³-hybridized carbons (Fsp3) is 0.212. The van der Waals surface area contributed by atoms with Crippen molar-refractivity contribution in [2.75, 3.05) is 19.5 Å². The van der Waals surface area contributed by atoms with Crippen LogP contribution in [0.3, 0.4) is 0 Å². The average Bonchev–Trinajstić information content (AvgIpc) is 3.57. The lowest BCUT2D eigenvalue weighted by molar-refractivity contribution is 0.102. The molecular weight excluding hydrogens is 586 g/mol. The van der Waals surface area contributed by atoms with Gasteiger partial charge in [0.05, 0.1) is 25.4 Å². The van der Waals surface area contributed by atoms with E-state index in [0.29, 0.717) is 41.0 Å². The topological polar surface area (TPSA) is 114 Å². The first-order chi connectivity index (χ1) is 21.8. The van der Waals surface area contributed by atoms with Crippen LogP contribution in [0.2, 0.25) is 0 Å². The molecule has 1 N–H and O–H groups in total. The molecule has 10 nitrogen and oxygen atoms in total. The van der Waals surface area contributed by atoms with Crippen LogP contribution in [0, 0.1) is 11.6 Å². The smallest absolute Gasteiger partial charge is 0.335 e. The van der Waals surface area contributed by atoms with Crippen LogP contribution in [0.5, 0.6) is 23.0 Å². The van der Waals surface area contributed by atoms with Crippen molar-refractivity contribution in [3.63, 3.8) is 0 Å². The Hall–Kier alpha value is -5.52. The second-order valence-corrected chi connectivity index (χ2v) is 10.5. The second kappa shape index (κ2) is 12.2. The number of fused-ring (bicyclic) bond motifs is 1.